The van der Waals surface area contributed by atoms with Gasteiger partial charge in [-0.05, 0) is 23.3 Å². The highest BCUT2D eigenvalue weighted by atomic mass is 16.5. The fourth-order valence-corrected chi connectivity index (χ4v) is 1.82. The minimum absolute atomic E-state index is 0. The average molecular weight is 198 g/mol. The largest absolute Gasteiger partial charge is 0.457 e. The van der Waals surface area contributed by atoms with Gasteiger partial charge in [0, 0.05) is 11.9 Å². The van der Waals surface area contributed by atoms with E-state index in [9.17, 15) is 0 Å². The zero-order valence-electron chi connectivity index (χ0n) is 8.14. The normalized spacial score (nSPS) is 11.7. The zero-order chi connectivity index (χ0) is 9.38. The van der Waals surface area contributed by atoms with Gasteiger partial charge in [0.2, 0.25) is 0 Å². The van der Waals surface area contributed by atoms with Gasteiger partial charge in [-0.25, -0.2) is 0 Å². The summed E-state index contributed by atoms with van der Waals surface area (Å²) in [6, 6.07) is 16.4. The van der Waals surface area contributed by atoms with Gasteiger partial charge in [0.15, 0.2) is 0 Å². The van der Waals surface area contributed by atoms with E-state index in [2.05, 4.69) is 24.3 Å². The molecule has 0 aliphatic carbocycles. The molecule has 0 bridgehead atoms. The van der Waals surface area contributed by atoms with Crippen LogP contribution < -0.4 is 4.74 Å². The molecular formula is C13H10O2. The Morgan fingerprint density at radius 1 is 0.733 bits per heavy atom. The van der Waals surface area contributed by atoms with E-state index < -0.39 is 0 Å². The lowest BCUT2D eigenvalue weighted by Gasteiger charge is -2.19. The van der Waals surface area contributed by atoms with Gasteiger partial charge >= 0.3 is 0 Å². The van der Waals surface area contributed by atoms with Crippen LogP contribution >= 0.6 is 0 Å². The molecule has 0 N–H and O–H groups in total. The summed E-state index contributed by atoms with van der Waals surface area (Å²) in [7, 11) is 0. The maximum absolute atomic E-state index is 5.78. The molecule has 0 unspecified atom stereocenters. The van der Waals surface area contributed by atoms with Crippen molar-refractivity contribution in [3.8, 4) is 11.5 Å². The highest BCUT2D eigenvalue weighted by molar-refractivity contribution is 5.49. The molecule has 1 heterocycles. The van der Waals surface area contributed by atoms with Crippen LogP contribution in [0.2, 0.25) is 0 Å². The number of para-hydroxylation sites is 2. The molecule has 1 aliphatic heterocycles. The minimum Gasteiger partial charge on any atom is -0.457 e. The van der Waals surface area contributed by atoms with Crippen molar-refractivity contribution in [1.29, 1.82) is 0 Å². The molecule has 2 radical (unpaired) electrons. The first-order valence-corrected chi connectivity index (χ1v) is 4.77. The van der Waals surface area contributed by atoms with E-state index in [1.54, 1.807) is 0 Å². The molecule has 0 aromatic heterocycles. The molecule has 2 aromatic rings. The van der Waals surface area contributed by atoms with Crippen molar-refractivity contribution in [1.82, 2.24) is 0 Å². The predicted octanol–water partition coefficient (Wildman–Crippen LogP) is 3.26. The van der Waals surface area contributed by atoms with Crippen LogP contribution in [0.5, 0.6) is 11.5 Å². The molecule has 15 heavy (non-hydrogen) atoms. The standard InChI is InChI=1S/C13H10O.O/c1-3-7-12-10(5-1)9-11-6-2-4-8-13(11)14-12;/h1-8H,9H2;. The molecule has 0 saturated carbocycles. The van der Waals surface area contributed by atoms with Crippen molar-refractivity contribution in [2.75, 3.05) is 0 Å². The van der Waals surface area contributed by atoms with E-state index in [0.717, 1.165) is 17.9 Å². The van der Waals surface area contributed by atoms with Crippen molar-refractivity contribution in [2.45, 2.75) is 6.42 Å². The van der Waals surface area contributed by atoms with E-state index in [0.29, 0.717) is 0 Å². The molecule has 74 valence electrons. The van der Waals surface area contributed by atoms with Crippen molar-refractivity contribution >= 4 is 0 Å². The summed E-state index contributed by atoms with van der Waals surface area (Å²) < 4.78 is 5.78. The highest BCUT2D eigenvalue weighted by Crippen LogP contribution is 2.35. The topological polar surface area (TPSA) is 37.7 Å². The molecule has 2 heteroatoms. The molecule has 0 fully saturated rings. The summed E-state index contributed by atoms with van der Waals surface area (Å²) in [5.41, 5.74) is 2.54. The van der Waals surface area contributed by atoms with E-state index in [4.69, 9.17) is 4.74 Å². The summed E-state index contributed by atoms with van der Waals surface area (Å²) in [6.07, 6.45) is 0.979. The van der Waals surface area contributed by atoms with Crippen molar-refractivity contribution < 1.29 is 10.2 Å². The SMILES string of the molecule is [O].c1ccc2c(c1)Cc1ccccc1O2. The third-order valence-corrected chi connectivity index (χ3v) is 2.55. The predicted molar refractivity (Wildman–Crippen MR) is 56.5 cm³/mol. The third-order valence-electron chi connectivity index (χ3n) is 2.55. The van der Waals surface area contributed by atoms with Crippen molar-refractivity contribution in [2.24, 2.45) is 0 Å². The lowest BCUT2D eigenvalue weighted by molar-refractivity contribution is 0.460. The van der Waals surface area contributed by atoms with Crippen LogP contribution in [0.4, 0.5) is 0 Å². The lowest BCUT2D eigenvalue weighted by Crippen LogP contribution is -2.01. The molecule has 2 nitrogen and oxygen atoms in total. The Bertz CT molecular complexity index is 390. The number of benzene rings is 2. The molecule has 0 saturated heterocycles. The minimum atomic E-state index is 0. The Morgan fingerprint density at radius 3 is 1.73 bits per heavy atom. The van der Waals surface area contributed by atoms with Gasteiger partial charge < -0.3 is 4.74 Å². The molecule has 3 rings (SSSR count). The van der Waals surface area contributed by atoms with Crippen molar-refractivity contribution in [3.63, 3.8) is 0 Å². The summed E-state index contributed by atoms with van der Waals surface area (Å²) in [6.45, 7) is 0. The Hall–Kier alpha value is -1.80. The Balaban J connectivity index is 0.000000853. The molecule has 0 amide bonds. The summed E-state index contributed by atoms with van der Waals surface area (Å²) in [5, 5.41) is 0. The maximum atomic E-state index is 5.78. The van der Waals surface area contributed by atoms with E-state index >= 15 is 0 Å². The first-order valence-electron chi connectivity index (χ1n) is 4.77. The van der Waals surface area contributed by atoms with Crippen LogP contribution in [0.25, 0.3) is 0 Å². The highest BCUT2D eigenvalue weighted by Gasteiger charge is 2.14. The molecular weight excluding hydrogens is 188 g/mol. The van der Waals surface area contributed by atoms with Gasteiger partial charge in [-0.3, -0.25) is 0 Å². The van der Waals surface area contributed by atoms with Crippen LogP contribution in [-0.2, 0) is 11.9 Å². The Labute approximate surface area is 88.4 Å². The number of fused-ring (bicyclic) bond motifs is 2. The molecule has 1 aliphatic rings. The molecule has 0 spiro atoms. The summed E-state index contributed by atoms with van der Waals surface area (Å²) in [4.78, 5) is 0. The number of hydrogen-bond acceptors (Lipinski definition) is 1. The smallest absolute Gasteiger partial charge is 0.130 e. The number of hydrogen-bond donors (Lipinski definition) is 0. The van der Waals surface area contributed by atoms with Gasteiger partial charge in [0.05, 0.1) is 0 Å². The van der Waals surface area contributed by atoms with Gasteiger partial charge in [0.25, 0.3) is 0 Å². The van der Waals surface area contributed by atoms with Gasteiger partial charge in [-0.2, -0.15) is 0 Å². The zero-order valence-corrected chi connectivity index (χ0v) is 8.14. The number of rotatable bonds is 0. The average Bonchev–Trinajstić information content (AvgIpc) is 2.26. The molecule has 0 atom stereocenters. The second-order valence-electron chi connectivity index (χ2n) is 3.49. The lowest BCUT2D eigenvalue weighted by atomic mass is 10.0. The first kappa shape index (κ1) is 9.74. The van der Waals surface area contributed by atoms with Crippen LogP contribution in [0, 0.1) is 0 Å². The van der Waals surface area contributed by atoms with Gasteiger partial charge in [-0.15, -0.1) is 0 Å². The van der Waals surface area contributed by atoms with Crippen LogP contribution in [0.3, 0.4) is 0 Å². The second-order valence-corrected chi connectivity index (χ2v) is 3.49. The summed E-state index contributed by atoms with van der Waals surface area (Å²) in [5.74, 6) is 1.98. The van der Waals surface area contributed by atoms with E-state index in [1.165, 1.54) is 11.1 Å². The molecule has 2 aromatic carbocycles. The van der Waals surface area contributed by atoms with Crippen molar-refractivity contribution in [3.05, 3.63) is 59.7 Å². The third kappa shape index (κ3) is 1.60. The first-order chi connectivity index (χ1) is 6.93. The Morgan fingerprint density at radius 2 is 1.20 bits per heavy atom. The van der Waals surface area contributed by atoms with Gasteiger partial charge in [0.1, 0.15) is 11.5 Å². The monoisotopic (exact) mass is 198 g/mol. The van der Waals surface area contributed by atoms with Crippen LogP contribution in [0.15, 0.2) is 48.5 Å². The fraction of sp³-hybridized carbons (Fsp3) is 0.0769. The quantitative estimate of drug-likeness (QED) is 0.546. The second kappa shape index (κ2) is 3.75. The fourth-order valence-electron chi connectivity index (χ4n) is 1.82. The van der Waals surface area contributed by atoms with E-state index in [-0.39, 0.29) is 5.48 Å². The van der Waals surface area contributed by atoms with Crippen LogP contribution in [-0.4, -0.2) is 0 Å². The Kier molecular flexibility index (Phi) is 2.44. The summed E-state index contributed by atoms with van der Waals surface area (Å²) >= 11 is 0. The number of ether oxygens (including phenoxy) is 1. The van der Waals surface area contributed by atoms with Crippen LogP contribution in [0.1, 0.15) is 11.1 Å². The van der Waals surface area contributed by atoms with Gasteiger partial charge in [-0.1, -0.05) is 36.4 Å². The van der Waals surface area contributed by atoms with E-state index in [1.807, 2.05) is 24.3 Å². The maximum Gasteiger partial charge on any atom is 0.130 e.